The van der Waals surface area contributed by atoms with Crippen molar-refractivity contribution in [3.05, 3.63) is 60.9 Å². The number of pyridine rings is 1. The molecule has 2 aromatic rings. The summed E-state index contributed by atoms with van der Waals surface area (Å²) in [7, 11) is -5.80. The Hall–Kier alpha value is -0.410. The molecule has 0 N–H and O–H groups in total. The van der Waals surface area contributed by atoms with E-state index < -0.39 is 18.6 Å². The van der Waals surface area contributed by atoms with E-state index in [0.29, 0.717) is 13.2 Å². The summed E-state index contributed by atoms with van der Waals surface area (Å²) in [6.45, 7) is 5.36. The molecule has 0 spiro atoms. The van der Waals surface area contributed by atoms with Crippen molar-refractivity contribution in [1.29, 1.82) is 0 Å². The van der Waals surface area contributed by atoms with Crippen LogP contribution in [0.3, 0.4) is 0 Å². The van der Waals surface area contributed by atoms with Gasteiger partial charge in [0.15, 0.2) is 0 Å². The van der Waals surface area contributed by atoms with Crippen molar-refractivity contribution in [3.63, 3.8) is 0 Å². The van der Waals surface area contributed by atoms with Gasteiger partial charge < -0.3 is 9.05 Å². The maximum atomic E-state index is 8.49. The second kappa shape index (κ2) is 17.0. The zero-order valence-electron chi connectivity index (χ0n) is 13.7. The molecular formula is C15H20AuClNO6P. The van der Waals surface area contributed by atoms with Gasteiger partial charge in [-0.3, -0.25) is 4.98 Å². The molecule has 7 nitrogen and oxygen atoms in total. The molecule has 0 bridgehead atoms. The average Bonchev–Trinajstić information content (AvgIpc) is 2.56. The third-order valence-electron chi connectivity index (χ3n) is 2.03. The van der Waals surface area contributed by atoms with Crippen molar-refractivity contribution >= 4 is 13.7 Å². The van der Waals surface area contributed by atoms with Crippen LogP contribution < -0.4 is 23.9 Å². The van der Waals surface area contributed by atoms with Crippen molar-refractivity contribution in [3.8, 4) is 0 Å². The second-order valence-electron chi connectivity index (χ2n) is 3.83. The van der Waals surface area contributed by atoms with E-state index in [1.54, 1.807) is 12.4 Å². The van der Waals surface area contributed by atoms with Crippen molar-refractivity contribution in [1.82, 2.24) is 4.98 Å². The smallest absolute Gasteiger partial charge is 0.331 e. The van der Waals surface area contributed by atoms with Crippen LogP contribution in [0.1, 0.15) is 13.8 Å². The Bertz CT molecular complexity index is 468. The fourth-order valence-corrected chi connectivity index (χ4v) is 2.54. The predicted molar refractivity (Wildman–Crippen MR) is 80.5 cm³/mol. The first-order chi connectivity index (χ1) is 11.4. The summed E-state index contributed by atoms with van der Waals surface area (Å²) in [5, 5.41) is 1.14. The quantitative estimate of drug-likeness (QED) is 0.333. The number of hydrogen-bond acceptors (Lipinski definition) is 7. The van der Waals surface area contributed by atoms with Gasteiger partial charge in [0.1, 0.15) is 0 Å². The fraction of sp³-hybridized carbons (Fsp3) is 0.267. The van der Waals surface area contributed by atoms with E-state index in [1.165, 1.54) is 0 Å². The average molecular weight is 574 g/mol. The molecular weight excluding hydrogens is 554 g/mol. The molecule has 0 aliphatic rings. The summed E-state index contributed by atoms with van der Waals surface area (Å²) in [6, 6.07) is 15.8. The number of rotatable bonds is 5. The second-order valence-corrected chi connectivity index (χ2v) is 6.13. The molecule has 0 aliphatic carbocycles. The molecule has 0 unspecified atom stereocenters. The normalized spacial score (nSPS) is 9.88. The SMILES string of the molecule is CCOP(OCC)c1ccccc1.[Au+].[O-][Cl+3]([O-])([O-])[O-].c1ccncc1. The molecule has 0 saturated carbocycles. The molecule has 1 heterocycles. The summed E-state index contributed by atoms with van der Waals surface area (Å²) in [5.74, 6) is 0. The van der Waals surface area contributed by atoms with Crippen LogP contribution in [-0.2, 0) is 31.4 Å². The van der Waals surface area contributed by atoms with Gasteiger partial charge in [-0.1, -0.05) is 24.3 Å². The minimum Gasteiger partial charge on any atom is -0.331 e. The van der Waals surface area contributed by atoms with Gasteiger partial charge in [-0.2, -0.15) is 0 Å². The third-order valence-corrected chi connectivity index (χ3v) is 3.73. The number of hydrogen-bond donors (Lipinski definition) is 0. The molecule has 25 heavy (non-hydrogen) atoms. The van der Waals surface area contributed by atoms with Crippen molar-refractivity contribution in [2.45, 2.75) is 13.8 Å². The van der Waals surface area contributed by atoms with Gasteiger partial charge in [-0.05, 0) is 38.1 Å². The van der Waals surface area contributed by atoms with Gasteiger partial charge in [-0.25, -0.2) is 18.6 Å². The van der Waals surface area contributed by atoms with Crippen molar-refractivity contribution in [2.24, 2.45) is 0 Å². The Labute approximate surface area is 166 Å². The first kappa shape index (κ1) is 26.8. The van der Waals surface area contributed by atoms with E-state index in [0.717, 1.165) is 5.30 Å². The zero-order chi connectivity index (χ0) is 18.3. The Balaban J connectivity index is 0. The summed E-state index contributed by atoms with van der Waals surface area (Å²) in [5.41, 5.74) is 0. The van der Waals surface area contributed by atoms with E-state index in [4.69, 9.17) is 27.7 Å². The third kappa shape index (κ3) is 19.8. The Morgan fingerprint density at radius 3 is 1.52 bits per heavy atom. The van der Waals surface area contributed by atoms with Gasteiger partial charge in [0.25, 0.3) is 0 Å². The molecule has 0 atom stereocenters. The van der Waals surface area contributed by atoms with Gasteiger partial charge in [0, 0.05) is 17.7 Å². The minimum atomic E-state index is -4.94. The van der Waals surface area contributed by atoms with Crippen LogP contribution in [0.25, 0.3) is 0 Å². The molecule has 0 radical (unpaired) electrons. The van der Waals surface area contributed by atoms with E-state index in [-0.39, 0.29) is 22.4 Å². The van der Waals surface area contributed by atoms with E-state index in [9.17, 15) is 0 Å². The van der Waals surface area contributed by atoms with Crippen LogP contribution >= 0.6 is 8.38 Å². The molecule has 0 saturated heterocycles. The van der Waals surface area contributed by atoms with Gasteiger partial charge in [0.2, 0.25) is 8.38 Å². The maximum absolute atomic E-state index is 8.49. The largest absolute Gasteiger partial charge is 1.00 e. The van der Waals surface area contributed by atoms with E-state index >= 15 is 0 Å². The topological polar surface area (TPSA) is 124 Å². The summed E-state index contributed by atoms with van der Waals surface area (Å²) >= 11 is 0. The predicted octanol–water partition coefficient (Wildman–Crippen LogP) is -0.980. The van der Waals surface area contributed by atoms with E-state index in [1.807, 2.05) is 62.4 Å². The Kier molecular flexibility index (Phi) is 18.3. The number of nitrogens with zero attached hydrogens (tertiary/aromatic N) is 1. The summed E-state index contributed by atoms with van der Waals surface area (Å²) in [6.07, 6.45) is 3.50. The molecule has 144 valence electrons. The summed E-state index contributed by atoms with van der Waals surface area (Å²) < 4.78 is 45.0. The van der Waals surface area contributed by atoms with Crippen molar-refractivity contribution < 1.29 is 60.3 Å². The summed E-state index contributed by atoms with van der Waals surface area (Å²) in [4.78, 5) is 3.78. The Morgan fingerprint density at radius 1 is 0.840 bits per heavy atom. The van der Waals surface area contributed by atoms with Crippen LogP contribution in [0.4, 0.5) is 0 Å². The molecule has 0 fully saturated rings. The molecule has 2 rings (SSSR count). The number of benzene rings is 1. The molecule has 0 amide bonds. The van der Waals surface area contributed by atoms with Crippen LogP contribution in [-0.4, -0.2) is 18.2 Å². The van der Waals surface area contributed by atoms with Gasteiger partial charge in [-0.15, -0.1) is 10.2 Å². The fourth-order valence-electron chi connectivity index (χ4n) is 1.28. The molecule has 0 aliphatic heterocycles. The monoisotopic (exact) mass is 573 g/mol. The van der Waals surface area contributed by atoms with Gasteiger partial charge in [0.05, 0.1) is 13.2 Å². The van der Waals surface area contributed by atoms with Crippen LogP contribution in [0.15, 0.2) is 60.9 Å². The van der Waals surface area contributed by atoms with Crippen molar-refractivity contribution in [2.75, 3.05) is 13.2 Å². The first-order valence-electron chi connectivity index (χ1n) is 6.96. The minimum absolute atomic E-state index is 0. The standard InChI is InChI=1S/C10H15O2P.C5H5N.Au.ClHO4/c1-3-11-13(12-4-2)10-8-6-5-7-9-10;1-2-4-6-5-3-1;;2-1(3,4)5/h5-9H,3-4H2,1-2H3;1-5H;;(H,2,3,4,5)/q;;+1;/p-1. The van der Waals surface area contributed by atoms with Crippen LogP contribution in [0.2, 0.25) is 0 Å². The number of halogens is 1. The first-order valence-corrected chi connectivity index (χ1v) is 9.37. The molecule has 1 aromatic heterocycles. The molecule has 10 heteroatoms. The number of aromatic nitrogens is 1. The van der Waals surface area contributed by atoms with E-state index in [2.05, 4.69) is 4.98 Å². The van der Waals surface area contributed by atoms with Gasteiger partial charge >= 0.3 is 22.4 Å². The molecule has 1 aromatic carbocycles. The zero-order valence-corrected chi connectivity index (χ0v) is 17.5. The maximum Gasteiger partial charge on any atom is 1.00 e. The Morgan fingerprint density at radius 2 is 1.24 bits per heavy atom. The van der Waals surface area contributed by atoms with Crippen LogP contribution in [0.5, 0.6) is 0 Å². The van der Waals surface area contributed by atoms with Crippen LogP contribution in [0, 0.1) is 10.2 Å².